The fourth-order valence-corrected chi connectivity index (χ4v) is 1.65. The molecule has 0 unspecified atom stereocenters. The molecule has 0 atom stereocenters. The minimum Gasteiger partial charge on any atom is -0.322 e. The van der Waals surface area contributed by atoms with Gasteiger partial charge in [0.2, 0.25) is 0 Å². The number of halogens is 3. The molecule has 0 fully saturated rings. The molecular formula is C11H12BrF2NO. The van der Waals surface area contributed by atoms with Gasteiger partial charge in [0.05, 0.1) is 10.9 Å². The topological polar surface area (TPSA) is 43.1 Å². The number of carbonyl (C=O) groups is 1. The number of alkyl halides is 1. The van der Waals surface area contributed by atoms with Crippen molar-refractivity contribution in [2.45, 2.75) is 19.4 Å². The normalized spacial score (nSPS) is 11.6. The molecule has 0 aliphatic heterocycles. The van der Waals surface area contributed by atoms with Crippen molar-refractivity contribution >= 4 is 21.7 Å². The molecular weight excluding hydrogens is 280 g/mol. The summed E-state index contributed by atoms with van der Waals surface area (Å²) in [6.07, 6.45) is 0. The van der Waals surface area contributed by atoms with Crippen molar-refractivity contribution in [3.63, 3.8) is 0 Å². The molecule has 0 radical (unpaired) electrons. The molecule has 1 aromatic carbocycles. The average Bonchev–Trinajstić information content (AvgIpc) is 2.15. The fraction of sp³-hybridized carbons (Fsp3) is 0.364. The third-order valence-corrected chi connectivity index (χ3v) is 2.69. The number of nitrogens with two attached hydrogens (primary N) is 1. The highest BCUT2D eigenvalue weighted by Gasteiger charge is 2.25. The number of Topliss-reactive ketones (excluding diaryl/α,β-unsaturated/α-hetero) is 1. The van der Waals surface area contributed by atoms with Crippen molar-refractivity contribution in [1.29, 1.82) is 0 Å². The second-order valence-corrected chi connectivity index (χ2v) is 4.62. The fourth-order valence-electron chi connectivity index (χ4n) is 1.37. The van der Waals surface area contributed by atoms with E-state index in [0.29, 0.717) is 0 Å². The summed E-state index contributed by atoms with van der Waals surface area (Å²) in [5, 5.41) is -0.130. The molecule has 0 bridgehead atoms. The highest BCUT2D eigenvalue weighted by Crippen LogP contribution is 2.25. The molecule has 1 rings (SSSR count). The van der Waals surface area contributed by atoms with Gasteiger partial charge < -0.3 is 5.73 Å². The first-order valence-electron chi connectivity index (χ1n) is 4.65. The molecule has 0 aromatic heterocycles. The summed E-state index contributed by atoms with van der Waals surface area (Å²) < 4.78 is 27.2. The number of benzene rings is 1. The molecule has 1 aromatic rings. The summed E-state index contributed by atoms with van der Waals surface area (Å²) >= 11 is 2.88. The van der Waals surface area contributed by atoms with E-state index in [1.165, 1.54) is 6.07 Å². The largest absolute Gasteiger partial charge is 0.322 e. The van der Waals surface area contributed by atoms with Crippen molar-refractivity contribution in [3.05, 3.63) is 34.9 Å². The maximum atomic E-state index is 13.9. The highest BCUT2D eigenvalue weighted by molar-refractivity contribution is 9.09. The third-order valence-electron chi connectivity index (χ3n) is 2.19. The molecule has 88 valence electrons. The lowest BCUT2D eigenvalue weighted by Crippen LogP contribution is -2.31. The molecule has 0 amide bonds. The van der Waals surface area contributed by atoms with E-state index in [9.17, 15) is 13.6 Å². The van der Waals surface area contributed by atoms with Crippen molar-refractivity contribution in [2.24, 2.45) is 5.73 Å². The van der Waals surface area contributed by atoms with Crippen molar-refractivity contribution in [2.75, 3.05) is 5.33 Å². The van der Waals surface area contributed by atoms with Crippen molar-refractivity contribution in [3.8, 4) is 0 Å². The Morgan fingerprint density at radius 2 is 2.00 bits per heavy atom. The van der Waals surface area contributed by atoms with Gasteiger partial charge in [0.15, 0.2) is 5.78 Å². The van der Waals surface area contributed by atoms with E-state index in [1.807, 2.05) is 0 Å². The molecule has 0 heterocycles. The molecule has 5 heteroatoms. The van der Waals surface area contributed by atoms with Crippen molar-refractivity contribution < 1.29 is 13.6 Å². The lowest BCUT2D eigenvalue weighted by Gasteiger charge is -2.21. The average molecular weight is 292 g/mol. The van der Waals surface area contributed by atoms with Gasteiger partial charge in [0, 0.05) is 11.1 Å². The Morgan fingerprint density at radius 3 is 2.44 bits per heavy atom. The van der Waals surface area contributed by atoms with E-state index in [1.54, 1.807) is 13.8 Å². The van der Waals surface area contributed by atoms with Gasteiger partial charge in [-0.3, -0.25) is 4.79 Å². The Kier molecular flexibility index (Phi) is 3.80. The molecule has 16 heavy (non-hydrogen) atoms. The number of ketones is 1. The van der Waals surface area contributed by atoms with Gasteiger partial charge in [-0.1, -0.05) is 22.0 Å². The summed E-state index contributed by atoms with van der Waals surface area (Å²) in [4.78, 5) is 11.4. The van der Waals surface area contributed by atoms with Crippen LogP contribution in [0.5, 0.6) is 0 Å². The van der Waals surface area contributed by atoms with Crippen LogP contribution in [0.3, 0.4) is 0 Å². The predicted octanol–water partition coefficient (Wildman–Crippen LogP) is 2.74. The van der Waals surface area contributed by atoms with Gasteiger partial charge in [-0.15, -0.1) is 0 Å². The number of hydrogen-bond donors (Lipinski definition) is 1. The van der Waals surface area contributed by atoms with E-state index < -0.39 is 28.5 Å². The van der Waals surface area contributed by atoms with Crippen LogP contribution >= 0.6 is 15.9 Å². The van der Waals surface area contributed by atoms with Gasteiger partial charge in [0.25, 0.3) is 0 Å². The Hall–Kier alpha value is -0.810. The second kappa shape index (κ2) is 4.59. The summed E-state index contributed by atoms with van der Waals surface area (Å²) in [7, 11) is 0. The molecule has 0 aliphatic carbocycles. The van der Waals surface area contributed by atoms with E-state index in [0.717, 1.165) is 6.07 Å². The molecule has 0 aliphatic rings. The zero-order valence-electron chi connectivity index (χ0n) is 8.98. The van der Waals surface area contributed by atoms with Gasteiger partial charge in [-0.05, 0) is 19.9 Å². The van der Waals surface area contributed by atoms with Gasteiger partial charge in [0.1, 0.15) is 11.6 Å². The predicted molar refractivity (Wildman–Crippen MR) is 61.7 cm³/mol. The lowest BCUT2D eigenvalue weighted by molar-refractivity contribution is 0.101. The summed E-state index contributed by atoms with van der Waals surface area (Å²) in [5.74, 6) is -2.38. The van der Waals surface area contributed by atoms with Crippen LogP contribution in [0.15, 0.2) is 12.1 Å². The highest BCUT2D eigenvalue weighted by atomic mass is 79.9. The summed E-state index contributed by atoms with van der Waals surface area (Å²) in [6.45, 7) is 3.18. The Balaban J connectivity index is 3.45. The molecule has 2 nitrogen and oxygen atoms in total. The Labute approximate surface area is 101 Å². The Morgan fingerprint density at radius 1 is 1.44 bits per heavy atom. The van der Waals surface area contributed by atoms with Crippen LogP contribution in [-0.4, -0.2) is 11.1 Å². The first kappa shape index (κ1) is 13.3. The zero-order valence-corrected chi connectivity index (χ0v) is 10.6. The maximum Gasteiger partial charge on any atom is 0.179 e. The van der Waals surface area contributed by atoms with Crippen LogP contribution in [0.1, 0.15) is 29.8 Å². The summed E-state index contributed by atoms with van der Waals surface area (Å²) in [6, 6.07) is 2.32. The third kappa shape index (κ3) is 2.47. The molecule has 0 saturated carbocycles. The smallest absolute Gasteiger partial charge is 0.179 e. The monoisotopic (exact) mass is 291 g/mol. The van der Waals surface area contributed by atoms with Crippen LogP contribution in [0.4, 0.5) is 8.78 Å². The quantitative estimate of drug-likeness (QED) is 0.687. The number of rotatable bonds is 3. The zero-order chi connectivity index (χ0) is 12.5. The molecule has 2 N–H and O–H groups in total. The summed E-state index contributed by atoms with van der Waals surface area (Å²) in [5.41, 5.74) is 4.36. The first-order chi connectivity index (χ1) is 7.29. The van der Waals surface area contributed by atoms with Crippen LogP contribution in [-0.2, 0) is 5.54 Å². The first-order valence-corrected chi connectivity index (χ1v) is 5.77. The van der Waals surface area contributed by atoms with E-state index in [2.05, 4.69) is 15.9 Å². The van der Waals surface area contributed by atoms with Gasteiger partial charge in [-0.2, -0.15) is 0 Å². The van der Waals surface area contributed by atoms with Crippen molar-refractivity contribution in [1.82, 2.24) is 0 Å². The van der Waals surface area contributed by atoms with Gasteiger partial charge >= 0.3 is 0 Å². The lowest BCUT2D eigenvalue weighted by atomic mass is 9.92. The van der Waals surface area contributed by atoms with Crippen LogP contribution in [0, 0.1) is 11.6 Å². The van der Waals surface area contributed by atoms with E-state index in [4.69, 9.17) is 5.73 Å². The van der Waals surface area contributed by atoms with Gasteiger partial charge in [-0.25, -0.2) is 8.78 Å². The minimum atomic E-state index is -0.959. The standard InChI is InChI=1S/C11H12BrF2NO/c1-11(2,15)6-3-4-7(13)9(10(6)14)8(16)5-12/h3-4H,5,15H2,1-2H3. The minimum absolute atomic E-state index is 0.123. The van der Waals surface area contributed by atoms with Crippen LogP contribution in [0.25, 0.3) is 0 Å². The number of hydrogen-bond acceptors (Lipinski definition) is 2. The van der Waals surface area contributed by atoms with Crippen LogP contribution in [0.2, 0.25) is 0 Å². The maximum absolute atomic E-state index is 13.9. The molecule has 0 spiro atoms. The molecule has 0 saturated heterocycles. The van der Waals surface area contributed by atoms with Crippen LogP contribution < -0.4 is 5.73 Å². The van der Waals surface area contributed by atoms with E-state index in [-0.39, 0.29) is 10.9 Å². The second-order valence-electron chi connectivity index (χ2n) is 4.06. The SMILES string of the molecule is CC(C)(N)c1ccc(F)c(C(=O)CBr)c1F. The Bertz CT molecular complexity index is 427. The van der Waals surface area contributed by atoms with E-state index >= 15 is 0 Å². The number of carbonyl (C=O) groups excluding carboxylic acids is 1.